The summed E-state index contributed by atoms with van der Waals surface area (Å²) in [5.74, 6) is -0.482. The maximum Gasteiger partial charge on any atom is 0.472 e. The first-order valence-electron chi connectivity index (χ1n) is 17.3. The fourth-order valence-electron chi connectivity index (χ4n) is 4.48. The number of amides is 1. The average Bonchev–Trinajstić information content (AvgIpc) is 3.01. The summed E-state index contributed by atoms with van der Waals surface area (Å²) in [5.41, 5.74) is 5.32. The molecule has 1 amide bonds. The summed E-state index contributed by atoms with van der Waals surface area (Å²) in [7, 11) is -4.40. The molecule has 6 N–H and O–H groups in total. The van der Waals surface area contributed by atoms with E-state index in [2.05, 4.69) is 55.6 Å². The lowest BCUT2D eigenvalue weighted by Gasteiger charge is -2.24. The SMILES string of the molecule is CCCC/C=C/CC/C=C/CC/C=C/C(O)C(COP(=O)(O)OCCN)NC(=O)CC(O)CCC/C=C\CCCCCCCC. The van der Waals surface area contributed by atoms with Crippen molar-refractivity contribution in [3.63, 3.8) is 0 Å². The number of carbonyl (C=O) groups excluding carboxylic acids is 1. The van der Waals surface area contributed by atoms with Crippen LogP contribution in [-0.2, 0) is 18.4 Å². The van der Waals surface area contributed by atoms with Gasteiger partial charge in [0.15, 0.2) is 0 Å². The standard InChI is InChI=1S/C35H65N2O7P/c1-3-5-7-9-11-13-15-17-19-21-23-25-27-34(39)33(31-44-45(41,42)43-29-28-36)37-35(40)30-32(38)26-24-22-20-18-16-14-12-10-8-6-4-2/h9,11,17-20,25,27,32-34,38-39H,3-8,10,12-16,21-24,26,28-31,36H2,1-2H3,(H,37,40)(H,41,42)/b11-9+,19-17+,20-18-,27-25+. The molecule has 0 heterocycles. The van der Waals surface area contributed by atoms with E-state index < -0.39 is 38.6 Å². The minimum atomic E-state index is -4.40. The average molecular weight is 657 g/mol. The molecule has 0 rings (SSSR count). The normalized spacial score (nSPS) is 15.8. The van der Waals surface area contributed by atoms with Gasteiger partial charge in [-0.3, -0.25) is 13.8 Å². The lowest BCUT2D eigenvalue weighted by atomic mass is 10.1. The Morgan fingerprint density at radius 2 is 1.29 bits per heavy atom. The molecule has 0 aliphatic heterocycles. The molecule has 45 heavy (non-hydrogen) atoms. The van der Waals surface area contributed by atoms with Gasteiger partial charge in [-0.15, -0.1) is 0 Å². The summed E-state index contributed by atoms with van der Waals surface area (Å²) in [6.45, 7) is 3.82. The molecule has 4 atom stereocenters. The van der Waals surface area contributed by atoms with Gasteiger partial charge in [-0.05, 0) is 64.2 Å². The van der Waals surface area contributed by atoms with E-state index in [1.54, 1.807) is 6.08 Å². The van der Waals surface area contributed by atoms with Gasteiger partial charge in [0.1, 0.15) is 0 Å². The van der Waals surface area contributed by atoms with Crippen LogP contribution in [0.3, 0.4) is 0 Å². The molecule has 10 heteroatoms. The molecule has 4 unspecified atom stereocenters. The van der Waals surface area contributed by atoms with Gasteiger partial charge in [-0.25, -0.2) is 4.57 Å². The Kier molecular flexibility index (Phi) is 30.0. The fourth-order valence-corrected chi connectivity index (χ4v) is 5.24. The van der Waals surface area contributed by atoms with Crippen molar-refractivity contribution in [2.24, 2.45) is 5.73 Å². The Morgan fingerprint density at radius 1 is 0.756 bits per heavy atom. The number of nitrogens with two attached hydrogens (primary N) is 1. The first-order chi connectivity index (χ1) is 21.8. The molecule has 262 valence electrons. The van der Waals surface area contributed by atoms with Crippen LogP contribution in [0.1, 0.15) is 129 Å². The van der Waals surface area contributed by atoms with Crippen molar-refractivity contribution in [3.8, 4) is 0 Å². The molecule has 0 radical (unpaired) electrons. The van der Waals surface area contributed by atoms with Crippen LogP contribution in [0.4, 0.5) is 0 Å². The van der Waals surface area contributed by atoms with E-state index in [1.807, 2.05) is 0 Å². The topological polar surface area (TPSA) is 151 Å². The molecular weight excluding hydrogens is 591 g/mol. The van der Waals surface area contributed by atoms with Crippen molar-refractivity contribution >= 4 is 13.7 Å². The highest BCUT2D eigenvalue weighted by atomic mass is 31.2. The largest absolute Gasteiger partial charge is 0.472 e. The lowest BCUT2D eigenvalue weighted by molar-refractivity contribution is -0.124. The van der Waals surface area contributed by atoms with Crippen molar-refractivity contribution in [1.29, 1.82) is 0 Å². The van der Waals surface area contributed by atoms with Crippen LogP contribution < -0.4 is 11.1 Å². The lowest BCUT2D eigenvalue weighted by Crippen LogP contribution is -2.46. The van der Waals surface area contributed by atoms with Crippen molar-refractivity contribution in [2.45, 2.75) is 148 Å². The Morgan fingerprint density at radius 3 is 1.91 bits per heavy atom. The monoisotopic (exact) mass is 656 g/mol. The molecule has 0 saturated carbocycles. The number of phosphoric acid groups is 1. The first kappa shape index (κ1) is 43.4. The van der Waals surface area contributed by atoms with E-state index in [1.165, 1.54) is 57.4 Å². The quantitative estimate of drug-likeness (QED) is 0.0291. The highest BCUT2D eigenvalue weighted by Gasteiger charge is 2.27. The Bertz CT molecular complexity index is 863. The molecule has 0 saturated heterocycles. The summed E-state index contributed by atoms with van der Waals surface area (Å²) in [4.78, 5) is 22.5. The third-order valence-electron chi connectivity index (χ3n) is 7.16. The van der Waals surface area contributed by atoms with Crippen LogP contribution >= 0.6 is 7.82 Å². The third-order valence-corrected chi connectivity index (χ3v) is 8.14. The molecule has 0 spiro atoms. The van der Waals surface area contributed by atoms with Crippen LogP contribution in [-0.4, -0.2) is 59.0 Å². The first-order valence-corrected chi connectivity index (χ1v) is 18.8. The van der Waals surface area contributed by atoms with Gasteiger partial charge in [0.25, 0.3) is 0 Å². The number of hydrogen-bond donors (Lipinski definition) is 5. The fraction of sp³-hybridized carbons (Fsp3) is 0.743. The number of carbonyl (C=O) groups is 1. The maximum absolute atomic E-state index is 12.7. The molecular formula is C35H65N2O7P. The third kappa shape index (κ3) is 29.6. The summed E-state index contributed by atoms with van der Waals surface area (Å²) in [5, 5.41) is 23.8. The van der Waals surface area contributed by atoms with Crippen LogP contribution in [0.5, 0.6) is 0 Å². The summed E-state index contributed by atoms with van der Waals surface area (Å²) < 4.78 is 21.9. The smallest absolute Gasteiger partial charge is 0.393 e. The molecule has 0 fully saturated rings. The number of aliphatic hydroxyl groups is 2. The van der Waals surface area contributed by atoms with E-state index in [0.29, 0.717) is 12.8 Å². The minimum Gasteiger partial charge on any atom is -0.393 e. The highest BCUT2D eigenvalue weighted by Crippen LogP contribution is 2.43. The van der Waals surface area contributed by atoms with E-state index in [0.717, 1.165) is 44.9 Å². The van der Waals surface area contributed by atoms with Gasteiger partial charge < -0.3 is 26.2 Å². The maximum atomic E-state index is 12.7. The van der Waals surface area contributed by atoms with Gasteiger partial charge in [0.2, 0.25) is 5.91 Å². The van der Waals surface area contributed by atoms with Gasteiger partial charge in [-0.2, -0.15) is 0 Å². The van der Waals surface area contributed by atoms with Crippen molar-refractivity contribution < 1.29 is 33.5 Å². The molecule has 0 aliphatic carbocycles. The van der Waals surface area contributed by atoms with E-state index in [-0.39, 0.29) is 19.6 Å². The predicted octanol–water partition coefficient (Wildman–Crippen LogP) is 7.57. The number of nitrogens with one attached hydrogen (secondary N) is 1. The predicted molar refractivity (Wildman–Crippen MR) is 186 cm³/mol. The number of phosphoric ester groups is 1. The number of rotatable bonds is 31. The zero-order chi connectivity index (χ0) is 33.4. The second-order valence-electron chi connectivity index (χ2n) is 11.5. The Balaban J connectivity index is 4.64. The zero-order valence-electron chi connectivity index (χ0n) is 28.2. The molecule has 9 nitrogen and oxygen atoms in total. The molecule has 0 aliphatic rings. The Hall–Kier alpha value is -1.58. The molecule has 0 aromatic rings. The van der Waals surface area contributed by atoms with Crippen LogP contribution in [0.15, 0.2) is 48.6 Å². The molecule has 0 bridgehead atoms. The second-order valence-corrected chi connectivity index (χ2v) is 13.0. The van der Waals surface area contributed by atoms with E-state index in [4.69, 9.17) is 14.8 Å². The number of unbranched alkanes of at least 4 members (excludes halogenated alkanes) is 11. The van der Waals surface area contributed by atoms with E-state index in [9.17, 15) is 24.5 Å². The van der Waals surface area contributed by atoms with Gasteiger partial charge in [0.05, 0.1) is 37.9 Å². The molecule has 0 aromatic heterocycles. The second kappa shape index (κ2) is 31.0. The van der Waals surface area contributed by atoms with Gasteiger partial charge in [-0.1, -0.05) is 107 Å². The van der Waals surface area contributed by atoms with Crippen molar-refractivity contribution in [2.75, 3.05) is 19.8 Å². The summed E-state index contributed by atoms with van der Waals surface area (Å²) in [6.07, 6.45) is 32.1. The zero-order valence-corrected chi connectivity index (χ0v) is 29.1. The summed E-state index contributed by atoms with van der Waals surface area (Å²) in [6, 6.07) is -1.01. The van der Waals surface area contributed by atoms with Crippen molar-refractivity contribution in [3.05, 3.63) is 48.6 Å². The van der Waals surface area contributed by atoms with Gasteiger partial charge in [0, 0.05) is 6.54 Å². The van der Waals surface area contributed by atoms with E-state index >= 15 is 0 Å². The highest BCUT2D eigenvalue weighted by molar-refractivity contribution is 7.47. The number of allylic oxidation sites excluding steroid dienone is 7. The van der Waals surface area contributed by atoms with Crippen molar-refractivity contribution in [1.82, 2.24) is 5.32 Å². The van der Waals surface area contributed by atoms with Crippen LogP contribution in [0.2, 0.25) is 0 Å². The van der Waals surface area contributed by atoms with Crippen LogP contribution in [0, 0.1) is 0 Å². The summed E-state index contributed by atoms with van der Waals surface area (Å²) >= 11 is 0. The molecule has 0 aromatic carbocycles. The Labute approximate surface area is 274 Å². The number of aliphatic hydroxyl groups excluding tert-OH is 2. The number of hydrogen-bond acceptors (Lipinski definition) is 7. The van der Waals surface area contributed by atoms with Gasteiger partial charge >= 0.3 is 7.82 Å². The minimum absolute atomic E-state index is 0.0380. The van der Waals surface area contributed by atoms with Crippen LogP contribution in [0.25, 0.3) is 0 Å².